The SMILES string of the molecule is CC.CC.CNC(=O)c1ccc(-n2nc(-c3ccc(C(=O)NCCCNC(C)(C)C)cc3)c3ccccc32)cc1.[H+]. The number of fused-ring (bicyclic) bond motifs is 1. The van der Waals surface area contributed by atoms with E-state index in [1.165, 1.54) is 0 Å². The molecule has 0 aliphatic heterocycles. The Labute approximate surface area is 240 Å². The van der Waals surface area contributed by atoms with Crippen LogP contribution in [-0.4, -0.2) is 47.3 Å². The van der Waals surface area contributed by atoms with Gasteiger partial charge in [0.25, 0.3) is 11.8 Å². The Hall–Kier alpha value is -3.97. The van der Waals surface area contributed by atoms with Crippen LogP contribution in [0.3, 0.4) is 0 Å². The monoisotopic (exact) mass is 544 g/mol. The number of carbonyl (C=O) groups is 2. The zero-order valence-corrected chi connectivity index (χ0v) is 25.3. The summed E-state index contributed by atoms with van der Waals surface area (Å²) in [7, 11) is 1.62. The van der Waals surface area contributed by atoms with E-state index in [2.05, 4.69) is 36.7 Å². The number of carbonyl (C=O) groups excluding carboxylic acids is 2. The van der Waals surface area contributed by atoms with Crippen LogP contribution in [0.25, 0.3) is 27.8 Å². The summed E-state index contributed by atoms with van der Waals surface area (Å²) in [6.07, 6.45) is 0.870. The summed E-state index contributed by atoms with van der Waals surface area (Å²) in [6, 6.07) is 22.9. The second-order valence-corrected chi connectivity index (χ2v) is 9.77. The molecule has 0 atom stereocenters. The predicted molar refractivity (Wildman–Crippen MR) is 168 cm³/mol. The lowest BCUT2D eigenvalue weighted by molar-refractivity contribution is 0.0948. The highest BCUT2D eigenvalue weighted by Gasteiger charge is 2.15. The molecule has 40 heavy (non-hydrogen) atoms. The lowest BCUT2D eigenvalue weighted by Crippen LogP contribution is -2.37. The van der Waals surface area contributed by atoms with Crippen LogP contribution in [0.5, 0.6) is 0 Å². The van der Waals surface area contributed by atoms with Gasteiger partial charge in [0.2, 0.25) is 0 Å². The van der Waals surface area contributed by atoms with E-state index in [4.69, 9.17) is 5.10 Å². The number of aromatic nitrogens is 2. The first kappa shape index (κ1) is 32.2. The molecule has 0 saturated heterocycles. The molecule has 0 aliphatic rings. The van der Waals surface area contributed by atoms with Crippen molar-refractivity contribution in [2.24, 2.45) is 0 Å². The minimum absolute atomic E-state index is 0. The summed E-state index contributed by atoms with van der Waals surface area (Å²) in [4.78, 5) is 24.5. The molecular weight excluding hydrogens is 498 g/mol. The average molecular weight is 545 g/mol. The van der Waals surface area contributed by atoms with Crippen molar-refractivity contribution in [1.82, 2.24) is 25.7 Å². The third-order valence-electron chi connectivity index (χ3n) is 5.90. The largest absolute Gasteiger partial charge is 1.00 e. The van der Waals surface area contributed by atoms with Gasteiger partial charge >= 0.3 is 1.43 Å². The smallest absolute Gasteiger partial charge is 0.355 e. The maximum atomic E-state index is 12.6. The van der Waals surface area contributed by atoms with Gasteiger partial charge in [-0.05, 0) is 76.2 Å². The standard InChI is InChI=1S/C29H33N5O2.2C2H6/c1-29(2,3)32-19-7-18-31-28(36)22-12-10-20(11-13-22)26-24-8-5-6-9-25(24)34(33-26)23-16-14-21(15-17-23)27(35)30-4;2*1-2/h5-6,8-17,32H,7,18-19H2,1-4H3,(H,30,35)(H,31,36);2*1-2H3/p+1. The number of nitrogens with zero attached hydrogens (tertiary/aromatic N) is 2. The molecule has 0 unspecified atom stereocenters. The van der Waals surface area contributed by atoms with Crippen LogP contribution in [0.1, 0.15) is 77.0 Å². The Morgan fingerprint density at radius 1 is 0.800 bits per heavy atom. The lowest BCUT2D eigenvalue weighted by atomic mass is 10.1. The van der Waals surface area contributed by atoms with E-state index in [0.717, 1.165) is 40.8 Å². The Morgan fingerprint density at radius 3 is 1.98 bits per heavy atom. The minimum Gasteiger partial charge on any atom is -0.355 e. The highest BCUT2D eigenvalue weighted by Crippen LogP contribution is 2.30. The van der Waals surface area contributed by atoms with Gasteiger partial charge in [-0.1, -0.05) is 58.0 Å². The summed E-state index contributed by atoms with van der Waals surface area (Å²) in [6.45, 7) is 15.9. The van der Waals surface area contributed by atoms with E-state index in [1.807, 2.05) is 93.0 Å². The quantitative estimate of drug-likeness (QED) is 0.215. The number of benzene rings is 3. The number of rotatable bonds is 8. The van der Waals surface area contributed by atoms with Gasteiger partial charge in [-0.15, -0.1) is 0 Å². The number of nitrogens with one attached hydrogen (secondary N) is 3. The first-order chi connectivity index (χ1) is 19.3. The van der Waals surface area contributed by atoms with Gasteiger partial charge in [-0.3, -0.25) is 9.59 Å². The molecular formula is C33H46N5O2+. The molecule has 4 aromatic rings. The second kappa shape index (κ2) is 15.6. The highest BCUT2D eigenvalue weighted by molar-refractivity contribution is 5.97. The molecule has 0 fully saturated rings. The Morgan fingerprint density at radius 2 is 1.38 bits per heavy atom. The molecule has 7 nitrogen and oxygen atoms in total. The molecule has 4 rings (SSSR count). The molecule has 0 aliphatic carbocycles. The second-order valence-electron chi connectivity index (χ2n) is 9.77. The number of para-hydroxylation sites is 1. The fraction of sp³-hybridized carbons (Fsp3) is 0.364. The summed E-state index contributed by atoms with van der Waals surface area (Å²) in [5.74, 6) is -0.206. The van der Waals surface area contributed by atoms with Crippen LogP contribution < -0.4 is 16.0 Å². The number of amides is 2. The normalized spacial score (nSPS) is 10.6. The van der Waals surface area contributed by atoms with E-state index in [1.54, 1.807) is 19.2 Å². The van der Waals surface area contributed by atoms with Crippen molar-refractivity contribution in [3.05, 3.63) is 83.9 Å². The molecule has 0 radical (unpaired) electrons. The molecule has 2 amide bonds. The van der Waals surface area contributed by atoms with Crippen LogP contribution >= 0.6 is 0 Å². The maximum absolute atomic E-state index is 12.6. The van der Waals surface area contributed by atoms with Crippen LogP contribution in [0.4, 0.5) is 0 Å². The average Bonchev–Trinajstić information content (AvgIpc) is 3.38. The van der Waals surface area contributed by atoms with Crippen LogP contribution in [0, 0.1) is 0 Å². The van der Waals surface area contributed by atoms with Crippen molar-refractivity contribution in [3.8, 4) is 16.9 Å². The van der Waals surface area contributed by atoms with Crippen LogP contribution in [0.2, 0.25) is 0 Å². The van der Waals surface area contributed by atoms with Crippen LogP contribution in [-0.2, 0) is 0 Å². The first-order valence-electron chi connectivity index (χ1n) is 14.2. The topological polar surface area (TPSA) is 88.0 Å². The summed E-state index contributed by atoms with van der Waals surface area (Å²) in [5, 5.41) is 15.0. The van der Waals surface area contributed by atoms with Crippen LogP contribution in [0.15, 0.2) is 72.8 Å². The first-order valence-corrected chi connectivity index (χ1v) is 14.2. The Kier molecular flexibility index (Phi) is 12.6. The van der Waals surface area contributed by atoms with Gasteiger partial charge in [-0.25, -0.2) is 4.68 Å². The molecule has 1 aromatic heterocycles. The van der Waals surface area contributed by atoms with Crippen molar-refractivity contribution in [3.63, 3.8) is 0 Å². The van der Waals surface area contributed by atoms with E-state index in [0.29, 0.717) is 17.7 Å². The molecule has 0 spiro atoms. The zero-order chi connectivity index (χ0) is 29.7. The van der Waals surface area contributed by atoms with Crippen molar-refractivity contribution in [2.45, 2.75) is 60.4 Å². The highest BCUT2D eigenvalue weighted by atomic mass is 16.2. The third kappa shape index (κ3) is 8.52. The summed E-state index contributed by atoms with van der Waals surface area (Å²) in [5.41, 5.74) is 4.88. The Bertz CT molecular complexity index is 1360. The lowest BCUT2D eigenvalue weighted by Gasteiger charge is -2.20. The van der Waals surface area contributed by atoms with Crippen molar-refractivity contribution >= 4 is 22.7 Å². The van der Waals surface area contributed by atoms with Gasteiger partial charge in [0.05, 0.1) is 11.2 Å². The fourth-order valence-electron chi connectivity index (χ4n) is 4.01. The van der Waals surface area contributed by atoms with E-state index < -0.39 is 0 Å². The third-order valence-corrected chi connectivity index (χ3v) is 5.90. The summed E-state index contributed by atoms with van der Waals surface area (Å²) < 4.78 is 1.88. The fourth-order valence-corrected chi connectivity index (χ4v) is 4.01. The van der Waals surface area contributed by atoms with Gasteiger partial charge in [-0.2, -0.15) is 5.10 Å². The molecule has 214 valence electrons. The van der Waals surface area contributed by atoms with Crippen molar-refractivity contribution in [1.29, 1.82) is 0 Å². The maximum Gasteiger partial charge on any atom is 1.00 e. The number of hydrogen-bond acceptors (Lipinski definition) is 4. The van der Waals surface area contributed by atoms with Crippen molar-refractivity contribution in [2.75, 3.05) is 20.1 Å². The van der Waals surface area contributed by atoms with E-state index in [-0.39, 0.29) is 18.8 Å². The van der Waals surface area contributed by atoms with E-state index in [9.17, 15) is 9.59 Å². The molecule has 0 saturated carbocycles. The molecule has 3 aromatic carbocycles. The van der Waals surface area contributed by atoms with E-state index >= 15 is 0 Å². The minimum atomic E-state index is -0.127. The van der Waals surface area contributed by atoms with Gasteiger partial charge < -0.3 is 16.0 Å². The Balaban J connectivity index is 0.00000161. The molecule has 0 bridgehead atoms. The van der Waals surface area contributed by atoms with Gasteiger partial charge in [0.1, 0.15) is 5.69 Å². The van der Waals surface area contributed by atoms with Crippen molar-refractivity contribution < 1.29 is 11.0 Å². The summed E-state index contributed by atoms with van der Waals surface area (Å²) >= 11 is 0. The molecule has 3 N–H and O–H groups in total. The number of hydrogen-bond donors (Lipinski definition) is 3. The predicted octanol–water partition coefficient (Wildman–Crippen LogP) is 6.73. The molecule has 1 heterocycles. The van der Waals surface area contributed by atoms with Gasteiger partial charge in [0.15, 0.2) is 0 Å². The zero-order valence-electron chi connectivity index (χ0n) is 26.3. The van der Waals surface area contributed by atoms with Gasteiger partial charge in [0, 0.05) is 41.2 Å². The molecule has 7 heteroatoms.